The normalized spacial score (nSPS) is 14.3. The molecule has 1 fully saturated rings. The lowest BCUT2D eigenvalue weighted by molar-refractivity contribution is -0.126. The first-order valence-electron chi connectivity index (χ1n) is 9.40. The average molecular weight is 459 g/mol. The second-order valence-electron chi connectivity index (χ2n) is 6.98. The molecule has 0 unspecified atom stereocenters. The highest BCUT2D eigenvalue weighted by Gasteiger charge is 2.27. The van der Waals surface area contributed by atoms with Crippen molar-refractivity contribution in [2.45, 2.75) is 19.4 Å². The zero-order chi connectivity index (χ0) is 20.8. The molecule has 1 heterocycles. The molecular formula is C21H23BrN4O3. The van der Waals surface area contributed by atoms with E-state index >= 15 is 0 Å². The van der Waals surface area contributed by atoms with Gasteiger partial charge in [-0.1, -0.05) is 28.1 Å². The van der Waals surface area contributed by atoms with Crippen LogP contribution >= 0.6 is 15.9 Å². The highest BCUT2D eigenvalue weighted by molar-refractivity contribution is 9.10. The molecule has 3 rings (SSSR count). The van der Waals surface area contributed by atoms with Crippen LogP contribution in [0.25, 0.3) is 0 Å². The van der Waals surface area contributed by atoms with Crippen LogP contribution in [0.3, 0.4) is 0 Å². The number of benzene rings is 2. The van der Waals surface area contributed by atoms with Gasteiger partial charge in [0.25, 0.3) is 5.91 Å². The van der Waals surface area contributed by atoms with Crippen LogP contribution in [0.2, 0.25) is 0 Å². The highest BCUT2D eigenvalue weighted by Crippen LogP contribution is 2.20. The monoisotopic (exact) mass is 458 g/mol. The Hall–Kier alpha value is -2.87. The number of piperidine rings is 1. The molecule has 0 bridgehead atoms. The first kappa shape index (κ1) is 20.9. The summed E-state index contributed by atoms with van der Waals surface area (Å²) in [6, 6.07) is 13.8. The van der Waals surface area contributed by atoms with Crippen LogP contribution in [-0.4, -0.2) is 35.8 Å². The molecule has 2 aromatic carbocycles. The number of carbonyl (C=O) groups excluding carboxylic acids is 3. The Kier molecular flexibility index (Phi) is 6.87. The van der Waals surface area contributed by atoms with Gasteiger partial charge in [-0.05, 0) is 54.8 Å². The topological polar surface area (TPSA) is 105 Å². The molecule has 0 aromatic heterocycles. The summed E-state index contributed by atoms with van der Waals surface area (Å²) in [7, 11) is 0. The molecule has 2 aromatic rings. The molecule has 8 heteroatoms. The number of likely N-dealkylation sites (tertiary alicyclic amines) is 1. The molecule has 152 valence electrons. The lowest BCUT2D eigenvalue weighted by Gasteiger charge is -2.31. The van der Waals surface area contributed by atoms with Crippen LogP contribution in [0, 0.1) is 5.92 Å². The number of hydrogen-bond donors (Lipinski definition) is 3. The van der Waals surface area contributed by atoms with Gasteiger partial charge in [-0.2, -0.15) is 0 Å². The minimum Gasteiger partial charge on any atom is -0.352 e. The molecule has 29 heavy (non-hydrogen) atoms. The maximum atomic E-state index is 12.6. The molecule has 1 saturated heterocycles. The summed E-state index contributed by atoms with van der Waals surface area (Å²) in [4.78, 5) is 37.7. The third-order valence-corrected chi connectivity index (χ3v) is 5.46. The van der Waals surface area contributed by atoms with Crippen LogP contribution in [0.1, 0.15) is 28.8 Å². The number of rotatable bonds is 5. The minimum atomic E-state index is -0.615. The molecule has 1 aliphatic rings. The molecule has 1 aliphatic heterocycles. The number of urea groups is 1. The maximum absolute atomic E-state index is 12.6. The smallest absolute Gasteiger partial charge is 0.316 e. The van der Waals surface area contributed by atoms with E-state index in [2.05, 4.69) is 26.6 Å². The van der Waals surface area contributed by atoms with E-state index in [1.54, 1.807) is 29.2 Å². The zero-order valence-electron chi connectivity index (χ0n) is 15.9. The van der Waals surface area contributed by atoms with Crippen LogP contribution in [0.5, 0.6) is 0 Å². The molecule has 0 radical (unpaired) electrons. The van der Waals surface area contributed by atoms with Crippen molar-refractivity contribution in [2.24, 2.45) is 11.7 Å². The maximum Gasteiger partial charge on any atom is 0.316 e. The molecule has 4 N–H and O–H groups in total. The fourth-order valence-corrected chi connectivity index (χ4v) is 3.57. The first-order chi connectivity index (χ1) is 13.9. The Morgan fingerprint density at radius 1 is 1.00 bits per heavy atom. The van der Waals surface area contributed by atoms with E-state index in [4.69, 9.17) is 5.73 Å². The van der Waals surface area contributed by atoms with Gasteiger partial charge in [0.1, 0.15) is 0 Å². The summed E-state index contributed by atoms with van der Waals surface area (Å²) in [5, 5.41) is 5.44. The quantitative estimate of drug-likeness (QED) is 0.640. The number of primary amides is 1. The Morgan fingerprint density at radius 2 is 1.62 bits per heavy atom. The number of carbonyl (C=O) groups is 3. The average Bonchev–Trinajstić information content (AvgIpc) is 2.73. The standard InChI is InChI=1S/C21H23BrN4O3/c22-17-5-3-16(4-6-17)20(28)26-11-9-15(10-12-26)19(27)24-13-14-1-7-18(8-2-14)25-21(23)29/h1-8,15H,9-13H2,(H,24,27)(H3,23,25,29). The second kappa shape index (κ2) is 9.56. The van der Waals surface area contributed by atoms with E-state index in [9.17, 15) is 14.4 Å². The fraction of sp³-hybridized carbons (Fsp3) is 0.286. The van der Waals surface area contributed by atoms with Crippen molar-refractivity contribution in [1.29, 1.82) is 0 Å². The molecular weight excluding hydrogens is 436 g/mol. The summed E-state index contributed by atoms with van der Waals surface area (Å²) in [6.45, 7) is 1.55. The van der Waals surface area contributed by atoms with Crippen molar-refractivity contribution in [3.05, 3.63) is 64.1 Å². The lowest BCUT2D eigenvalue weighted by Crippen LogP contribution is -2.42. The number of amides is 4. The molecule has 0 aliphatic carbocycles. The van der Waals surface area contributed by atoms with E-state index in [0.717, 1.165) is 10.0 Å². The third-order valence-electron chi connectivity index (χ3n) is 4.93. The van der Waals surface area contributed by atoms with Crippen molar-refractivity contribution in [1.82, 2.24) is 10.2 Å². The van der Waals surface area contributed by atoms with Crippen LogP contribution in [-0.2, 0) is 11.3 Å². The van der Waals surface area contributed by atoms with Gasteiger partial charge in [-0.25, -0.2) is 4.79 Å². The molecule has 7 nitrogen and oxygen atoms in total. The summed E-state index contributed by atoms with van der Waals surface area (Å²) >= 11 is 3.37. The van der Waals surface area contributed by atoms with E-state index in [1.165, 1.54) is 0 Å². The zero-order valence-corrected chi connectivity index (χ0v) is 17.4. The summed E-state index contributed by atoms with van der Waals surface area (Å²) < 4.78 is 0.934. The number of anilines is 1. The van der Waals surface area contributed by atoms with Crippen molar-refractivity contribution < 1.29 is 14.4 Å². The molecule has 4 amide bonds. The van der Waals surface area contributed by atoms with Crippen LogP contribution in [0.4, 0.5) is 10.5 Å². The predicted octanol–water partition coefficient (Wildman–Crippen LogP) is 3.11. The van der Waals surface area contributed by atoms with Crippen LogP contribution in [0.15, 0.2) is 53.0 Å². The Bertz CT molecular complexity index is 876. The van der Waals surface area contributed by atoms with E-state index in [-0.39, 0.29) is 17.7 Å². The van der Waals surface area contributed by atoms with Gasteiger partial charge >= 0.3 is 6.03 Å². The van der Waals surface area contributed by atoms with Crippen molar-refractivity contribution in [3.8, 4) is 0 Å². The lowest BCUT2D eigenvalue weighted by atomic mass is 9.95. The van der Waals surface area contributed by atoms with Gasteiger partial charge < -0.3 is 21.3 Å². The van der Waals surface area contributed by atoms with Gasteiger partial charge in [-0.15, -0.1) is 0 Å². The van der Waals surface area contributed by atoms with Gasteiger partial charge in [0, 0.05) is 41.3 Å². The second-order valence-corrected chi connectivity index (χ2v) is 7.89. The van der Waals surface area contributed by atoms with Crippen LogP contribution < -0.4 is 16.4 Å². The number of nitrogens with one attached hydrogen (secondary N) is 2. The van der Waals surface area contributed by atoms with Crippen molar-refractivity contribution in [2.75, 3.05) is 18.4 Å². The Morgan fingerprint density at radius 3 is 2.21 bits per heavy atom. The summed E-state index contributed by atoms with van der Waals surface area (Å²) in [6.07, 6.45) is 1.30. The first-order valence-corrected chi connectivity index (χ1v) is 10.2. The van der Waals surface area contributed by atoms with Crippen molar-refractivity contribution >= 4 is 39.5 Å². The summed E-state index contributed by atoms with van der Waals surface area (Å²) in [5.74, 6) is -0.0964. The van der Waals surface area contributed by atoms with Gasteiger partial charge in [0.2, 0.25) is 5.91 Å². The molecule has 0 spiro atoms. The van der Waals surface area contributed by atoms with E-state index < -0.39 is 6.03 Å². The van der Waals surface area contributed by atoms with Gasteiger partial charge in [0.05, 0.1) is 0 Å². The van der Waals surface area contributed by atoms with Crippen molar-refractivity contribution in [3.63, 3.8) is 0 Å². The third kappa shape index (κ3) is 5.80. The fourth-order valence-electron chi connectivity index (χ4n) is 3.30. The highest BCUT2D eigenvalue weighted by atomic mass is 79.9. The number of nitrogens with zero attached hydrogens (tertiary/aromatic N) is 1. The van der Waals surface area contributed by atoms with Gasteiger partial charge in [0.15, 0.2) is 0 Å². The van der Waals surface area contributed by atoms with E-state index in [0.29, 0.717) is 43.7 Å². The Labute approximate surface area is 177 Å². The number of halogens is 1. The van der Waals surface area contributed by atoms with Gasteiger partial charge in [-0.3, -0.25) is 9.59 Å². The number of hydrogen-bond acceptors (Lipinski definition) is 3. The SMILES string of the molecule is NC(=O)Nc1ccc(CNC(=O)C2CCN(C(=O)c3ccc(Br)cc3)CC2)cc1. The molecule has 0 saturated carbocycles. The van der Waals surface area contributed by atoms with E-state index in [1.807, 2.05) is 24.3 Å². The minimum absolute atomic E-state index is 0.0000724. The summed E-state index contributed by atoms with van der Waals surface area (Å²) in [5.41, 5.74) is 7.27. The largest absolute Gasteiger partial charge is 0.352 e. The predicted molar refractivity (Wildman–Crippen MR) is 114 cm³/mol. The Balaban J connectivity index is 1.45. The number of nitrogens with two attached hydrogens (primary N) is 1. The molecule has 0 atom stereocenters.